The Labute approximate surface area is 197 Å². The third kappa shape index (κ3) is 6.21. The number of nitrogens with one attached hydrogen (secondary N) is 2. The third-order valence-electron chi connectivity index (χ3n) is 4.45. The number of benzene rings is 2. The number of hydrogen-bond donors (Lipinski definition) is 2. The number of fused-ring (bicyclic) bond motifs is 1. The minimum absolute atomic E-state index is 0.307. The summed E-state index contributed by atoms with van der Waals surface area (Å²) in [5, 5.41) is 7.09. The van der Waals surface area contributed by atoms with E-state index in [1.165, 1.54) is 23.1 Å². The Morgan fingerprint density at radius 3 is 2.67 bits per heavy atom. The van der Waals surface area contributed by atoms with E-state index in [1.54, 1.807) is 18.2 Å². The first-order valence-corrected chi connectivity index (χ1v) is 11.8. The number of amides is 3. The molecule has 0 aliphatic heterocycles. The SMILES string of the molecule is O=C(COC(=O)c1ccccc1CSc1nc2ccccc2o1)NC(=O)NCc1cccs1. The summed E-state index contributed by atoms with van der Waals surface area (Å²) in [4.78, 5) is 41.7. The lowest BCUT2D eigenvalue weighted by molar-refractivity contribution is -0.123. The Balaban J connectivity index is 1.28. The zero-order chi connectivity index (χ0) is 23.0. The number of carbonyl (C=O) groups excluding carboxylic acids is 3. The van der Waals surface area contributed by atoms with E-state index < -0.39 is 24.5 Å². The van der Waals surface area contributed by atoms with Crippen molar-refractivity contribution in [3.63, 3.8) is 0 Å². The predicted octanol–water partition coefficient (Wildman–Crippen LogP) is 4.36. The van der Waals surface area contributed by atoms with Crippen LogP contribution in [0.25, 0.3) is 11.1 Å². The molecular weight excluding hydrogens is 462 g/mol. The Hall–Kier alpha value is -3.63. The van der Waals surface area contributed by atoms with Crippen molar-refractivity contribution in [2.45, 2.75) is 17.5 Å². The van der Waals surface area contributed by atoms with Gasteiger partial charge < -0.3 is 14.5 Å². The Morgan fingerprint density at radius 2 is 1.85 bits per heavy atom. The summed E-state index contributed by atoms with van der Waals surface area (Å²) >= 11 is 2.84. The molecule has 168 valence electrons. The van der Waals surface area contributed by atoms with Crippen molar-refractivity contribution in [2.24, 2.45) is 0 Å². The maximum Gasteiger partial charge on any atom is 0.338 e. The lowest BCUT2D eigenvalue weighted by atomic mass is 10.1. The molecule has 0 aliphatic rings. The Morgan fingerprint density at radius 1 is 1.03 bits per heavy atom. The van der Waals surface area contributed by atoms with Gasteiger partial charge in [-0.25, -0.2) is 14.6 Å². The minimum Gasteiger partial charge on any atom is -0.452 e. The van der Waals surface area contributed by atoms with E-state index >= 15 is 0 Å². The number of thioether (sulfide) groups is 1. The van der Waals surface area contributed by atoms with Gasteiger partial charge in [0.1, 0.15) is 5.52 Å². The summed E-state index contributed by atoms with van der Waals surface area (Å²) in [5.74, 6) is -0.946. The summed E-state index contributed by atoms with van der Waals surface area (Å²) in [6, 6.07) is 17.5. The van der Waals surface area contributed by atoms with Crippen LogP contribution in [0, 0.1) is 0 Å². The second kappa shape index (κ2) is 10.8. The predicted molar refractivity (Wildman–Crippen MR) is 125 cm³/mol. The number of esters is 1. The number of aromatic nitrogens is 1. The number of para-hydroxylation sites is 2. The van der Waals surface area contributed by atoms with Gasteiger partial charge in [0.05, 0.1) is 12.1 Å². The van der Waals surface area contributed by atoms with Crippen molar-refractivity contribution in [3.05, 3.63) is 82.0 Å². The molecule has 0 aliphatic carbocycles. The smallest absolute Gasteiger partial charge is 0.338 e. The first kappa shape index (κ1) is 22.6. The summed E-state index contributed by atoms with van der Waals surface area (Å²) in [6.07, 6.45) is 0. The first-order valence-electron chi connectivity index (χ1n) is 9.92. The van der Waals surface area contributed by atoms with Crippen LogP contribution in [-0.2, 0) is 21.8 Å². The van der Waals surface area contributed by atoms with Gasteiger partial charge in [0.2, 0.25) is 0 Å². The molecule has 0 fully saturated rings. The molecule has 2 aromatic carbocycles. The number of oxazole rings is 1. The average Bonchev–Trinajstić information content (AvgIpc) is 3.49. The molecule has 0 unspecified atom stereocenters. The first-order chi connectivity index (χ1) is 16.1. The van der Waals surface area contributed by atoms with Crippen molar-refractivity contribution in [1.82, 2.24) is 15.6 Å². The van der Waals surface area contributed by atoms with Gasteiger partial charge in [-0.05, 0) is 35.2 Å². The van der Waals surface area contributed by atoms with Crippen molar-refractivity contribution in [2.75, 3.05) is 6.61 Å². The van der Waals surface area contributed by atoms with Crippen molar-refractivity contribution in [1.29, 1.82) is 0 Å². The average molecular weight is 482 g/mol. The van der Waals surface area contributed by atoms with Gasteiger partial charge in [-0.3, -0.25) is 10.1 Å². The highest BCUT2D eigenvalue weighted by atomic mass is 32.2. The van der Waals surface area contributed by atoms with Crippen LogP contribution in [0.4, 0.5) is 4.79 Å². The number of carbonyl (C=O) groups is 3. The zero-order valence-electron chi connectivity index (χ0n) is 17.3. The number of hydrogen-bond acceptors (Lipinski definition) is 8. The highest BCUT2D eigenvalue weighted by Gasteiger charge is 2.16. The normalized spacial score (nSPS) is 10.7. The number of imide groups is 1. The molecule has 0 spiro atoms. The van der Waals surface area contributed by atoms with Gasteiger partial charge in [0.25, 0.3) is 11.1 Å². The third-order valence-corrected chi connectivity index (χ3v) is 6.21. The van der Waals surface area contributed by atoms with Gasteiger partial charge >= 0.3 is 12.0 Å². The van der Waals surface area contributed by atoms with E-state index in [2.05, 4.69) is 15.6 Å². The molecule has 0 saturated heterocycles. The van der Waals surface area contributed by atoms with Crippen LogP contribution < -0.4 is 10.6 Å². The van der Waals surface area contributed by atoms with Crippen molar-refractivity contribution >= 4 is 52.1 Å². The second-order valence-electron chi connectivity index (χ2n) is 6.78. The van der Waals surface area contributed by atoms with E-state index in [4.69, 9.17) is 9.15 Å². The molecule has 4 rings (SSSR count). The molecule has 4 aromatic rings. The maximum atomic E-state index is 12.5. The number of ether oxygens (including phenoxy) is 1. The summed E-state index contributed by atoms with van der Waals surface area (Å²) < 4.78 is 10.8. The van der Waals surface area contributed by atoms with Crippen LogP contribution in [0.2, 0.25) is 0 Å². The lowest BCUT2D eigenvalue weighted by Gasteiger charge is -2.09. The molecule has 10 heteroatoms. The van der Waals surface area contributed by atoms with E-state index in [-0.39, 0.29) is 0 Å². The fourth-order valence-corrected chi connectivity index (χ4v) is 4.38. The van der Waals surface area contributed by atoms with Crippen LogP contribution in [0.3, 0.4) is 0 Å². The molecule has 0 atom stereocenters. The summed E-state index contributed by atoms with van der Waals surface area (Å²) in [6.45, 7) is -0.264. The van der Waals surface area contributed by atoms with Crippen LogP contribution >= 0.6 is 23.1 Å². The van der Waals surface area contributed by atoms with Gasteiger partial charge in [-0.15, -0.1) is 11.3 Å². The molecule has 2 heterocycles. The lowest BCUT2D eigenvalue weighted by Crippen LogP contribution is -2.41. The van der Waals surface area contributed by atoms with Gasteiger partial charge in [-0.1, -0.05) is 48.2 Å². The van der Waals surface area contributed by atoms with Crippen LogP contribution in [0.15, 0.2) is 75.7 Å². The monoisotopic (exact) mass is 481 g/mol. The fraction of sp³-hybridized carbons (Fsp3) is 0.130. The molecule has 8 nitrogen and oxygen atoms in total. The van der Waals surface area contributed by atoms with Gasteiger partial charge in [-0.2, -0.15) is 0 Å². The molecule has 0 saturated carbocycles. The molecule has 0 radical (unpaired) electrons. The van der Waals surface area contributed by atoms with E-state index in [1.807, 2.05) is 47.8 Å². The standard InChI is InChI=1S/C23H19N3O5S2/c27-20(26-22(29)24-12-16-7-5-11-32-16)13-30-21(28)17-8-2-1-6-15(17)14-33-23-25-18-9-3-4-10-19(18)31-23/h1-11H,12-14H2,(H2,24,26,27,29). The summed E-state index contributed by atoms with van der Waals surface area (Å²) in [5.41, 5.74) is 2.50. The van der Waals surface area contributed by atoms with E-state index in [0.29, 0.717) is 34.2 Å². The molecule has 3 amide bonds. The minimum atomic E-state index is -0.717. The molecule has 0 bridgehead atoms. The van der Waals surface area contributed by atoms with Crippen molar-refractivity contribution < 1.29 is 23.5 Å². The van der Waals surface area contributed by atoms with Crippen molar-refractivity contribution in [3.8, 4) is 0 Å². The van der Waals surface area contributed by atoms with Crippen LogP contribution in [0.1, 0.15) is 20.8 Å². The molecule has 2 aromatic heterocycles. The molecular formula is C23H19N3O5S2. The molecule has 33 heavy (non-hydrogen) atoms. The van der Waals surface area contributed by atoms with E-state index in [0.717, 1.165) is 10.4 Å². The topological polar surface area (TPSA) is 111 Å². The molecule has 2 N–H and O–H groups in total. The largest absolute Gasteiger partial charge is 0.452 e. The van der Waals surface area contributed by atoms with Gasteiger partial charge in [0.15, 0.2) is 12.2 Å². The maximum absolute atomic E-state index is 12.5. The number of urea groups is 1. The Kier molecular flexibility index (Phi) is 7.38. The van der Waals surface area contributed by atoms with E-state index in [9.17, 15) is 14.4 Å². The zero-order valence-corrected chi connectivity index (χ0v) is 18.9. The van der Waals surface area contributed by atoms with Crippen LogP contribution in [-0.4, -0.2) is 29.5 Å². The highest BCUT2D eigenvalue weighted by Crippen LogP contribution is 2.27. The number of rotatable bonds is 8. The van der Waals surface area contributed by atoms with Crippen LogP contribution in [0.5, 0.6) is 0 Å². The second-order valence-corrected chi connectivity index (χ2v) is 8.74. The number of thiophene rings is 1. The quantitative estimate of drug-likeness (QED) is 0.284. The summed E-state index contributed by atoms with van der Waals surface area (Å²) in [7, 11) is 0. The van der Waals surface area contributed by atoms with Gasteiger partial charge in [0, 0.05) is 10.6 Å². The highest BCUT2D eigenvalue weighted by molar-refractivity contribution is 7.98. The Bertz CT molecular complexity index is 1240. The number of nitrogens with zero attached hydrogens (tertiary/aromatic N) is 1. The fourth-order valence-electron chi connectivity index (χ4n) is 2.89.